The predicted molar refractivity (Wildman–Crippen MR) is 74.6 cm³/mol. The minimum absolute atomic E-state index is 0.0930. The van der Waals surface area contributed by atoms with Crippen LogP contribution < -0.4 is 5.32 Å². The summed E-state index contributed by atoms with van der Waals surface area (Å²) >= 11 is 0. The van der Waals surface area contributed by atoms with E-state index in [4.69, 9.17) is 0 Å². The van der Waals surface area contributed by atoms with Crippen LogP contribution in [0.2, 0.25) is 0 Å². The van der Waals surface area contributed by atoms with Crippen LogP contribution in [0.25, 0.3) is 10.9 Å². The Bertz CT molecular complexity index is 492. The van der Waals surface area contributed by atoms with Gasteiger partial charge in [-0.2, -0.15) is 0 Å². The van der Waals surface area contributed by atoms with Crippen molar-refractivity contribution in [1.29, 1.82) is 0 Å². The maximum Gasteiger partial charge on any atom is 0.0932 e. The van der Waals surface area contributed by atoms with Crippen LogP contribution in [0, 0.1) is 5.92 Å². The van der Waals surface area contributed by atoms with E-state index in [1.165, 1.54) is 16.5 Å². The Hall–Kier alpha value is -1.35. The predicted octanol–water partition coefficient (Wildman–Crippen LogP) is 3.29. The Labute approximate surface area is 108 Å². The number of nitrogens with one attached hydrogen (secondary N) is 2. The van der Waals surface area contributed by atoms with Crippen LogP contribution in [0.5, 0.6) is 0 Å². The molecule has 1 aromatic carbocycles. The standard InChI is InChI=1S/C15H21FN2/c1-11(8-16)9-17-12(2)7-13-10-18-15-6-4-3-5-14(13)15/h3-6,10-12,17-18H,7-9H2,1-2H3. The molecule has 18 heavy (non-hydrogen) atoms. The lowest BCUT2D eigenvalue weighted by Crippen LogP contribution is -2.32. The maximum atomic E-state index is 12.4. The molecule has 0 amide bonds. The van der Waals surface area contributed by atoms with Crippen molar-refractivity contribution >= 4 is 10.9 Å². The highest BCUT2D eigenvalue weighted by molar-refractivity contribution is 5.83. The van der Waals surface area contributed by atoms with Crippen LogP contribution in [0.3, 0.4) is 0 Å². The average molecular weight is 248 g/mol. The van der Waals surface area contributed by atoms with Crippen molar-refractivity contribution < 1.29 is 4.39 Å². The second kappa shape index (κ2) is 6.01. The highest BCUT2D eigenvalue weighted by Crippen LogP contribution is 2.18. The first kappa shape index (κ1) is 13.1. The summed E-state index contributed by atoms with van der Waals surface area (Å²) in [7, 11) is 0. The number of H-pyrrole nitrogens is 1. The van der Waals surface area contributed by atoms with Gasteiger partial charge in [-0.15, -0.1) is 0 Å². The number of para-hydroxylation sites is 1. The Morgan fingerprint density at radius 2 is 2.06 bits per heavy atom. The van der Waals surface area contributed by atoms with E-state index >= 15 is 0 Å². The van der Waals surface area contributed by atoms with E-state index in [0.717, 1.165) is 13.0 Å². The van der Waals surface area contributed by atoms with Gasteiger partial charge in [0.1, 0.15) is 0 Å². The second-order valence-electron chi connectivity index (χ2n) is 5.13. The number of benzene rings is 1. The van der Waals surface area contributed by atoms with Gasteiger partial charge in [0.15, 0.2) is 0 Å². The van der Waals surface area contributed by atoms with Crippen molar-refractivity contribution in [2.45, 2.75) is 26.3 Å². The third kappa shape index (κ3) is 3.10. The van der Waals surface area contributed by atoms with Gasteiger partial charge in [0, 0.05) is 29.7 Å². The number of hydrogen-bond donors (Lipinski definition) is 2. The van der Waals surface area contributed by atoms with Crippen molar-refractivity contribution in [2.75, 3.05) is 13.2 Å². The first-order valence-electron chi connectivity index (χ1n) is 6.55. The Morgan fingerprint density at radius 3 is 2.83 bits per heavy atom. The monoisotopic (exact) mass is 248 g/mol. The third-order valence-corrected chi connectivity index (χ3v) is 3.28. The molecule has 2 unspecified atom stereocenters. The number of alkyl halides is 1. The van der Waals surface area contributed by atoms with Gasteiger partial charge in [-0.05, 0) is 30.9 Å². The number of aromatic amines is 1. The summed E-state index contributed by atoms with van der Waals surface area (Å²) in [5.41, 5.74) is 2.50. The van der Waals surface area contributed by atoms with Gasteiger partial charge < -0.3 is 10.3 Å². The molecule has 1 aromatic heterocycles. The molecule has 2 rings (SSSR count). The molecule has 0 saturated carbocycles. The molecule has 0 fully saturated rings. The minimum atomic E-state index is -0.257. The van der Waals surface area contributed by atoms with Crippen molar-refractivity contribution in [2.24, 2.45) is 5.92 Å². The van der Waals surface area contributed by atoms with Crippen molar-refractivity contribution in [3.05, 3.63) is 36.0 Å². The number of aromatic nitrogens is 1. The van der Waals surface area contributed by atoms with E-state index in [0.29, 0.717) is 6.04 Å². The minimum Gasteiger partial charge on any atom is -0.361 e. The van der Waals surface area contributed by atoms with E-state index in [-0.39, 0.29) is 12.6 Å². The number of hydrogen-bond acceptors (Lipinski definition) is 1. The van der Waals surface area contributed by atoms with Crippen LogP contribution in [0.4, 0.5) is 4.39 Å². The molecule has 98 valence electrons. The van der Waals surface area contributed by atoms with Crippen molar-refractivity contribution in [1.82, 2.24) is 10.3 Å². The summed E-state index contributed by atoms with van der Waals surface area (Å²) < 4.78 is 12.4. The molecule has 0 bridgehead atoms. The second-order valence-corrected chi connectivity index (χ2v) is 5.13. The van der Waals surface area contributed by atoms with E-state index in [1.54, 1.807) is 0 Å². The molecule has 0 aliphatic heterocycles. The first-order chi connectivity index (χ1) is 8.70. The zero-order valence-electron chi connectivity index (χ0n) is 11.0. The van der Waals surface area contributed by atoms with Crippen LogP contribution in [0.15, 0.2) is 30.5 Å². The summed E-state index contributed by atoms with van der Waals surface area (Å²) in [6.07, 6.45) is 3.03. The Morgan fingerprint density at radius 1 is 1.28 bits per heavy atom. The maximum absolute atomic E-state index is 12.4. The van der Waals surface area contributed by atoms with Crippen LogP contribution >= 0.6 is 0 Å². The van der Waals surface area contributed by atoms with Gasteiger partial charge in [0.2, 0.25) is 0 Å². The van der Waals surface area contributed by atoms with Crippen LogP contribution in [-0.4, -0.2) is 24.2 Å². The van der Waals surface area contributed by atoms with Gasteiger partial charge in [-0.1, -0.05) is 25.1 Å². The Balaban J connectivity index is 1.96. The Kier molecular flexibility index (Phi) is 4.37. The molecule has 3 heteroatoms. The fraction of sp³-hybridized carbons (Fsp3) is 0.467. The fourth-order valence-corrected chi connectivity index (χ4v) is 2.16. The molecule has 0 saturated heterocycles. The zero-order valence-corrected chi connectivity index (χ0v) is 11.0. The van der Waals surface area contributed by atoms with Crippen molar-refractivity contribution in [3.8, 4) is 0 Å². The molecule has 0 spiro atoms. The van der Waals surface area contributed by atoms with E-state index in [1.807, 2.05) is 13.0 Å². The van der Waals surface area contributed by atoms with Gasteiger partial charge in [-0.25, -0.2) is 0 Å². The molecule has 0 aliphatic carbocycles. The summed E-state index contributed by atoms with van der Waals surface area (Å²) in [6, 6.07) is 8.68. The molecule has 2 atom stereocenters. The molecule has 2 aromatic rings. The number of fused-ring (bicyclic) bond motifs is 1. The third-order valence-electron chi connectivity index (χ3n) is 3.28. The van der Waals surface area contributed by atoms with Gasteiger partial charge in [0.25, 0.3) is 0 Å². The molecular formula is C15H21FN2. The molecular weight excluding hydrogens is 227 g/mol. The highest BCUT2D eigenvalue weighted by Gasteiger charge is 2.09. The van der Waals surface area contributed by atoms with Gasteiger partial charge >= 0.3 is 0 Å². The lowest BCUT2D eigenvalue weighted by Gasteiger charge is -2.15. The molecule has 2 N–H and O–H groups in total. The summed E-state index contributed by atoms with van der Waals surface area (Å²) in [5.74, 6) is 0.0930. The van der Waals surface area contributed by atoms with E-state index in [2.05, 4.69) is 41.6 Å². The number of halogens is 1. The van der Waals surface area contributed by atoms with Crippen LogP contribution in [-0.2, 0) is 6.42 Å². The largest absolute Gasteiger partial charge is 0.361 e. The average Bonchev–Trinajstić information content (AvgIpc) is 2.79. The van der Waals surface area contributed by atoms with E-state index in [9.17, 15) is 4.39 Å². The zero-order chi connectivity index (χ0) is 13.0. The quantitative estimate of drug-likeness (QED) is 0.806. The molecule has 0 radical (unpaired) electrons. The number of rotatable bonds is 6. The fourth-order valence-electron chi connectivity index (χ4n) is 2.16. The summed E-state index contributed by atoms with van der Waals surface area (Å²) in [5, 5.41) is 4.66. The summed E-state index contributed by atoms with van der Waals surface area (Å²) in [4.78, 5) is 3.28. The topological polar surface area (TPSA) is 27.8 Å². The summed E-state index contributed by atoms with van der Waals surface area (Å²) in [6.45, 7) is 4.55. The molecule has 0 aliphatic rings. The molecule has 2 nitrogen and oxygen atoms in total. The smallest absolute Gasteiger partial charge is 0.0932 e. The lowest BCUT2D eigenvalue weighted by molar-refractivity contribution is 0.355. The normalized spacial score (nSPS) is 14.8. The highest BCUT2D eigenvalue weighted by atomic mass is 19.1. The first-order valence-corrected chi connectivity index (χ1v) is 6.55. The van der Waals surface area contributed by atoms with Gasteiger partial charge in [0.05, 0.1) is 6.67 Å². The lowest BCUT2D eigenvalue weighted by atomic mass is 10.1. The SMILES string of the molecule is CC(CF)CNC(C)Cc1c[nH]c2ccccc12. The van der Waals surface area contributed by atoms with Crippen molar-refractivity contribution in [3.63, 3.8) is 0 Å². The molecule has 1 heterocycles. The van der Waals surface area contributed by atoms with E-state index < -0.39 is 0 Å². The van der Waals surface area contributed by atoms with Crippen LogP contribution in [0.1, 0.15) is 19.4 Å². The van der Waals surface area contributed by atoms with Gasteiger partial charge in [-0.3, -0.25) is 4.39 Å².